The number of hydrogen-bond donors (Lipinski definition) is 0. The molecule has 28 heavy (non-hydrogen) atoms. The molecule has 150 valence electrons. The molecule has 1 heterocycles. The molecule has 0 aliphatic carbocycles. The van der Waals surface area contributed by atoms with Crippen LogP contribution in [0.4, 0.5) is 0 Å². The van der Waals surface area contributed by atoms with Gasteiger partial charge in [-0.1, -0.05) is 48.9 Å². The molecule has 2 aromatic rings. The maximum Gasteiger partial charge on any atom is 0.255 e. The zero-order chi connectivity index (χ0) is 20.3. The van der Waals surface area contributed by atoms with E-state index >= 15 is 0 Å². The Morgan fingerprint density at radius 1 is 1.14 bits per heavy atom. The van der Waals surface area contributed by atoms with Crippen molar-refractivity contribution in [3.05, 3.63) is 64.7 Å². The van der Waals surface area contributed by atoms with E-state index in [1.165, 1.54) is 27.4 Å². The second kappa shape index (κ2) is 8.64. The maximum absolute atomic E-state index is 13.0. The number of carbonyl (C=O) groups excluding carboxylic acids is 1. The normalized spacial score (nSPS) is 16.1. The van der Waals surface area contributed by atoms with Gasteiger partial charge in [0, 0.05) is 26.7 Å². The fraction of sp³-hybridized carbons (Fsp3) is 0.381. The Kier molecular flexibility index (Phi) is 6.43. The molecule has 1 amide bonds. The van der Waals surface area contributed by atoms with E-state index in [4.69, 9.17) is 11.6 Å². The number of piperidine rings is 1. The van der Waals surface area contributed by atoms with Crippen molar-refractivity contribution in [1.82, 2.24) is 9.21 Å². The van der Waals surface area contributed by atoms with Gasteiger partial charge in [0.2, 0.25) is 10.0 Å². The van der Waals surface area contributed by atoms with Crippen LogP contribution in [0.25, 0.3) is 0 Å². The zero-order valence-electron chi connectivity index (χ0n) is 16.1. The van der Waals surface area contributed by atoms with Gasteiger partial charge in [0.15, 0.2) is 0 Å². The van der Waals surface area contributed by atoms with Gasteiger partial charge in [0.1, 0.15) is 0 Å². The largest absolute Gasteiger partial charge is 0.337 e. The highest BCUT2D eigenvalue weighted by Crippen LogP contribution is 2.27. The van der Waals surface area contributed by atoms with Crippen LogP contribution >= 0.6 is 11.6 Å². The third-order valence-electron chi connectivity index (χ3n) is 5.16. The van der Waals surface area contributed by atoms with Gasteiger partial charge in [-0.25, -0.2) is 8.42 Å². The van der Waals surface area contributed by atoms with Crippen molar-refractivity contribution in [3.63, 3.8) is 0 Å². The third-order valence-corrected chi connectivity index (χ3v) is 7.38. The smallest absolute Gasteiger partial charge is 0.255 e. The maximum atomic E-state index is 13.0. The fourth-order valence-corrected chi connectivity index (χ4v) is 5.03. The van der Waals surface area contributed by atoms with E-state index in [1.807, 2.05) is 30.3 Å². The van der Waals surface area contributed by atoms with Gasteiger partial charge < -0.3 is 4.90 Å². The Hall–Kier alpha value is -1.89. The lowest BCUT2D eigenvalue weighted by molar-refractivity contribution is 0.0785. The number of benzene rings is 2. The number of hydrogen-bond acceptors (Lipinski definition) is 3. The standard InChI is InChI=1S/C21H25ClN2O3S/c1-16-10-12-24(13-11-16)28(26,27)18-8-9-20(22)19(14-18)21(25)23(2)15-17-6-4-3-5-7-17/h3-9,14,16H,10-13,15H2,1-2H3. The predicted molar refractivity (Wildman–Crippen MR) is 111 cm³/mol. The summed E-state index contributed by atoms with van der Waals surface area (Å²) in [5.74, 6) is 0.221. The van der Waals surface area contributed by atoms with Crippen LogP contribution in [0, 0.1) is 5.92 Å². The van der Waals surface area contributed by atoms with E-state index in [0.29, 0.717) is 25.6 Å². The molecule has 7 heteroatoms. The average molecular weight is 421 g/mol. The Morgan fingerprint density at radius 2 is 1.79 bits per heavy atom. The van der Waals surface area contributed by atoms with E-state index in [9.17, 15) is 13.2 Å². The minimum atomic E-state index is -3.64. The second-order valence-electron chi connectivity index (χ2n) is 7.38. The minimum Gasteiger partial charge on any atom is -0.337 e. The lowest BCUT2D eigenvalue weighted by atomic mass is 10.0. The van der Waals surface area contributed by atoms with E-state index in [2.05, 4.69) is 6.92 Å². The minimum absolute atomic E-state index is 0.114. The molecule has 5 nitrogen and oxygen atoms in total. The van der Waals surface area contributed by atoms with Gasteiger partial charge in [-0.2, -0.15) is 4.31 Å². The van der Waals surface area contributed by atoms with Crippen LogP contribution < -0.4 is 0 Å². The van der Waals surface area contributed by atoms with Crippen LogP contribution in [0.1, 0.15) is 35.7 Å². The lowest BCUT2D eigenvalue weighted by Crippen LogP contribution is -2.38. The number of nitrogens with zero attached hydrogens (tertiary/aromatic N) is 2. The number of amides is 1. The van der Waals surface area contributed by atoms with Gasteiger partial charge in [0.05, 0.1) is 15.5 Å². The molecule has 0 bridgehead atoms. The highest BCUT2D eigenvalue weighted by Gasteiger charge is 2.29. The van der Waals surface area contributed by atoms with Crippen molar-refractivity contribution in [1.29, 1.82) is 0 Å². The summed E-state index contributed by atoms with van der Waals surface area (Å²) < 4.78 is 27.5. The summed E-state index contributed by atoms with van der Waals surface area (Å²) in [6.07, 6.45) is 1.69. The molecule has 0 atom stereocenters. The molecule has 0 spiro atoms. The molecular formula is C21H25ClN2O3S. The highest BCUT2D eigenvalue weighted by molar-refractivity contribution is 7.89. The van der Waals surface area contributed by atoms with E-state index in [0.717, 1.165) is 18.4 Å². The van der Waals surface area contributed by atoms with Gasteiger partial charge in [0.25, 0.3) is 5.91 Å². The summed E-state index contributed by atoms with van der Waals surface area (Å²) >= 11 is 6.24. The van der Waals surface area contributed by atoms with Crippen LogP contribution in [0.2, 0.25) is 5.02 Å². The van der Waals surface area contributed by atoms with Crippen molar-refractivity contribution >= 4 is 27.5 Å². The Bertz CT molecular complexity index is 939. The molecule has 0 aromatic heterocycles. The molecule has 2 aromatic carbocycles. The van der Waals surface area contributed by atoms with Crippen molar-refractivity contribution in [3.8, 4) is 0 Å². The molecule has 0 unspecified atom stereocenters. The number of rotatable bonds is 5. The lowest BCUT2D eigenvalue weighted by Gasteiger charge is -2.29. The first-order valence-electron chi connectivity index (χ1n) is 9.38. The fourth-order valence-electron chi connectivity index (χ4n) is 3.34. The Labute approximate surface area is 172 Å². The molecule has 1 fully saturated rings. The van der Waals surface area contributed by atoms with Crippen LogP contribution in [0.15, 0.2) is 53.4 Å². The van der Waals surface area contributed by atoms with E-state index in [1.54, 1.807) is 7.05 Å². The third kappa shape index (κ3) is 4.57. The molecule has 0 saturated carbocycles. The van der Waals surface area contributed by atoms with Crippen LogP contribution in [-0.2, 0) is 16.6 Å². The first-order valence-corrected chi connectivity index (χ1v) is 11.2. The van der Waals surface area contributed by atoms with E-state index < -0.39 is 10.0 Å². The summed E-state index contributed by atoms with van der Waals surface area (Å²) in [6, 6.07) is 14.0. The summed E-state index contributed by atoms with van der Waals surface area (Å²) in [5.41, 5.74) is 1.19. The number of carbonyl (C=O) groups is 1. The summed E-state index contributed by atoms with van der Waals surface area (Å²) in [6.45, 7) is 3.55. The number of halogens is 1. The van der Waals surface area contributed by atoms with Crippen LogP contribution in [0.3, 0.4) is 0 Å². The first-order chi connectivity index (χ1) is 13.3. The molecular weight excluding hydrogens is 396 g/mol. The SMILES string of the molecule is CC1CCN(S(=O)(=O)c2ccc(Cl)c(C(=O)N(C)Cc3ccccc3)c2)CC1. The Morgan fingerprint density at radius 3 is 2.43 bits per heavy atom. The number of sulfonamides is 1. The monoisotopic (exact) mass is 420 g/mol. The molecule has 0 radical (unpaired) electrons. The van der Waals surface area contributed by atoms with Gasteiger partial charge in [-0.3, -0.25) is 4.79 Å². The predicted octanol–water partition coefficient (Wildman–Crippen LogP) is 4.03. The van der Waals surface area contributed by atoms with Gasteiger partial charge >= 0.3 is 0 Å². The average Bonchev–Trinajstić information content (AvgIpc) is 2.68. The van der Waals surface area contributed by atoms with E-state index in [-0.39, 0.29) is 21.4 Å². The second-order valence-corrected chi connectivity index (χ2v) is 9.72. The molecule has 0 N–H and O–H groups in total. The zero-order valence-corrected chi connectivity index (χ0v) is 17.7. The van der Waals surface area contributed by atoms with Crippen LogP contribution in [-0.4, -0.2) is 43.7 Å². The summed E-state index contributed by atoms with van der Waals surface area (Å²) in [4.78, 5) is 14.6. The quantitative estimate of drug-likeness (QED) is 0.733. The summed E-state index contributed by atoms with van der Waals surface area (Å²) in [5, 5.41) is 0.246. The van der Waals surface area contributed by atoms with Crippen molar-refractivity contribution in [2.24, 2.45) is 5.92 Å². The van der Waals surface area contributed by atoms with Crippen molar-refractivity contribution in [2.45, 2.75) is 31.2 Å². The van der Waals surface area contributed by atoms with Crippen LogP contribution in [0.5, 0.6) is 0 Å². The molecule has 1 aliphatic heterocycles. The van der Waals surface area contributed by atoms with Gasteiger partial charge in [-0.05, 0) is 42.5 Å². The Balaban J connectivity index is 1.83. The highest BCUT2D eigenvalue weighted by atomic mass is 35.5. The molecule has 1 saturated heterocycles. The molecule has 3 rings (SSSR count). The van der Waals surface area contributed by atoms with Gasteiger partial charge in [-0.15, -0.1) is 0 Å². The molecule has 1 aliphatic rings. The van der Waals surface area contributed by atoms with Crippen molar-refractivity contribution < 1.29 is 13.2 Å². The summed E-state index contributed by atoms with van der Waals surface area (Å²) in [7, 11) is -1.96. The topological polar surface area (TPSA) is 57.7 Å². The van der Waals surface area contributed by atoms with Crippen molar-refractivity contribution in [2.75, 3.05) is 20.1 Å². The first kappa shape index (κ1) is 20.8.